The molecule has 0 rings (SSSR count). The van der Waals surface area contributed by atoms with Crippen molar-refractivity contribution in [1.82, 2.24) is 0 Å². The molecule has 0 saturated carbocycles. The van der Waals surface area contributed by atoms with E-state index >= 15 is 0 Å². The zero-order valence-corrected chi connectivity index (χ0v) is 51.9. The molecule has 0 spiro atoms. The third-order valence-corrected chi connectivity index (χ3v) is 14.2. The van der Waals surface area contributed by atoms with Gasteiger partial charge in [0.2, 0.25) is 0 Å². The number of rotatable bonds is 60. The summed E-state index contributed by atoms with van der Waals surface area (Å²) in [6.07, 6.45) is 91.0. The lowest BCUT2D eigenvalue weighted by molar-refractivity contribution is -0.167. The Balaban J connectivity index is 4.37. The average molecular weight is 1100 g/mol. The Morgan fingerprint density at radius 3 is 0.797 bits per heavy atom. The first-order valence-electron chi connectivity index (χ1n) is 33.4. The number of allylic oxidation sites excluding steroid dienone is 18. The molecule has 0 bridgehead atoms. The zero-order valence-electron chi connectivity index (χ0n) is 51.9. The Morgan fingerprint density at radius 2 is 0.494 bits per heavy atom. The summed E-state index contributed by atoms with van der Waals surface area (Å²) in [6, 6.07) is 0. The van der Waals surface area contributed by atoms with E-state index in [1.807, 2.05) is 0 Å². The predicted octanol–water partition coefficient (Wildman–Crippen LogP) is 23.0. The summed E-state index contributed by atoms with van der Waals surface area (Å²) in [5.41, 5.74) is 0. The summed E-state index contributed by atoms with van der Waals surface area (Å²) in [5.74, 6) is -0.929. The third kappa shape index (κ3) is 64.8. The SMILES string of the molecule is CC/C=C\C/C=C\C/C=C\C/C=C\C/C=C\CCCCCC(=O)OC(COC(=O)CCCCCCC/C=C\CCCCCCCC)COC(=O)CCCCCCCCCCCCCC/C=C\C/C=C\C/C=C\CCCCCCC. The highest BCUT2D eigenvalue weighted by atomic mass is 16.6. The van der Waals surface area contributed by atoms with Crippen LogP contribution in [-0.4, -0.2) is 37.2 Å². The highest BCUT2D eigenvalue weighted by molar-refractivity contribution is 5.71. The van der Waals surface area contributed by atoms with Gasteiger partial charge in [-0.15, -0.1) is 0 Å². The predicted molar refractivity (Wildman–Crippen MR) is 343 cm³/mol. The van der Waals surface area contributed by atoms with Gasteiger partial charge in [-0.2, -0.15) is 0 Å². The molecule has 0 heterocycles. The van der Waals surface area contributed by atoms with Crippen LogP contribution in [0.5, 0.6) is 0 Å². The number of unbranched alkanes of at least 4 members (excludes halogenated alkanes) is 31. The van der Waals surface area contributed by atoms with Gasteiger partial charge in [0.25, 0.3) is 0 Å². The highest BCUT2D eigenvalue weighted by Crippen LogP contribution is 2.16. The second kappa shape index (κ2) is 66.6. The second-order valence-electron chi connectivity index (χ2n) is 22.0. The maximum Gasteiger partial charge on any atom is 0.306 e. The Kier molecular flexibility index (Phi) is 63.3. The molecule has 0 radical (unpaired) electrons. The van der Waals surface area contributed by atoms with Gasteiger partial charge in [0.05, 0.1) is 0 Å². The van der Waals surface area contributed by atoms with Crippen molar-refractivity contribution < 1.29 is 28.6 Å². The number of carbonyl (C=O) groups is 3. The average Bonchev–Trinajstić information content (AvgIpc) is 3.45. The number of ether oxygens (including phenoxy) is 3. The van der Waals surface area contributed by atoms with Crippen LogP contribution in [0.4, 0.5) is 0 Å². The second-order valence-corrected chi connectivity index (χ2v) is 22.0. The monoisotopic (exact) mass is 1100 g/mol. The fourth-order valence-electron chi connectivity index (χ4n) is 9.24. The summed E-state index contributed by atoms with van der Waals surface area (Å²) in [5, 5.41) is 0. The molecular weight excluding hydrogens is 973 g/mol. The topological polar surface area (TPSA) is 78.9 Å². The fourth-order valence-corrected chi connectivity index (χ4v) is 9.24. The van der Waals surface area contributed by atoms with E-state index in [2.05, 4.69) is 130 Å². The Bertz CT molecular complexity index is 1590. The van der Waals surface area contributed by atoms with Gasteiger partial charge in [-0.1, -0.05) is 278 Å². The van der Waals surface area contributed by atoms with Gasteiger partial charge >= 0.3 is 17.9 Å². The lowest BCUT2D eigenvalue weighted by Crippen LogP contribution is -2.30. The molecule has 0 aliphatic carbocycles. The largest absolute Gasteiger partial charge is 0.462 e. The van der Waals surface area contributed by atoms with Crippen LogP contribution in [0.3, 0.4) is 0 Å². The minimum atomic E-state index is -0.803. The van der Waals surface area contributed by atoms with Crippen LogP contribution in [0.25, 0.3) is 0 Å². The molecule has 0 aromatic carbocycles. The molecule has 79 heavy (non-hydrogen) atoms. The first-order valence-corrected chi connectivity index (χ1v) is 33.4. The first-order chi connectivity index (χ1) is 39.0. The van der Waals surface area contributed by atoms with E-state index in [1.165, 1.54) is 161 Å². The van der Waals surface area contributed by atoms with Crippen molar-refractivity contribution in [2.24, 2.45) is 0 Å². The smallest absolute Gasteiger partial charge is 0.306 e. The normalized spacial score (nSPS) is 12.8. The molecular formula is C73H124O6. The molecule has 0 saturated heterocycles. The van der Waals surface area contributed by atoms with E-state index in [0.717, 1.165) is 116 Å². The van der Waals surface area contributed by atoms with Gasteiger partial charge in [-0.3, -0.25) is 14.4 Å². The minimum Gasteiger partial charge on any atom is -0.462 e. The van der Waals surface area contributed by atoms with E-state index < -0.39 is 6.10 Å². The molecule has 0 amide bonds. The fraction of sp³-hybridized carbons (Fsp3) is 0.712. The van der Waals surface area contributed by atoms with Crippen molar-refractivity contribution in [2.45, 2.75) is 322 Å². The standard InChI is InChI=1S/C73H124O6/c1-4-7-10-13-16-19-22-25-28-30-32-33-34-35-36-37-38-39-41-42-45-48-51-54-57-60-63-66-72(75)78-69-70(68-77-71(74)65-62-59-56-53-50-47-44-27-24-21-18-15-12-9-6-3)79-73(76)67-64-61-58-55-52-49-46-43-40-31-29-26-23-20-17-14-11-8-5-2/h8,11,17,20,22,25-27,29-30,32,34-35,40,43-44,49,52,70H,4-7,9-10,12-16,18-19,21,23-24,28,31,33,36-39,41-42,45-48,50-51,53-69H2,1-3H3/b11-8-,20-17-,25-22-,29-26-,32-30-,35-34-,43-40-,44-27-,52-49-. The molecule has 6 heteroatoms. The Labute approximate surface area is 489 Å². The van der Waals surface area contributed by atoms with Crippen LogP contribution in [0.1, 0.15) is 316 Å². The maximum atomic E-state index is 12.9. The molecule has 0 aromatic rings. The van der Waals surface area contributed by atoms with E-state index in [1.54, 1.807) is 0 Å². The summed E-state index contributed by atoms with van der Waals surface area (Å²) < 4.78 is 16.9. The Morgan fingerprint density at radius 1 is 0.266 bits per heavy atom. The van der Waals surface area contributed by atoms with Crippen molar-refractivity contribution in [3.63, 3.8) is 0 Å². The van der Waals surface area contributed by atoms with Crippen LogP contribution < -0.4 is 0 Å². The summed E-state index contributed by atoms with van der Waals surface area (Å²) in [6.45, 7) is 6.50. The van der Waals surface area contributed by atoms with E-state index in [4.69, 9.17) is 14.2 Å². The maximum absolute atomic E-state index is 12.9. The summed E-state index contributed by atoms with van der Waals surface area (Å²) in [4.78, 5) is 38.4. The van der Waals surface area contributed by atoms with Gasteiger partial charge in [0.1, 0.15) is 13.2 Å². The number of hydrogen-bond acceptors (Lipinski definition) is 6. The van der Waals surface area contributed by atoms with Gasteiger partial charge in [-0.05, 0) is 128 Å². The molecule has 1 atom stereocenters. The Hall–Kier alpha value is -3.93. The van der Waals surface area contributed by atoms with Crippen LogP contribution >= 0.6 is 0 Å². The number of hydrogen-bond donors (Lipinski definition) is 0. The number of carbonyl (C=O) groups excluding carboxylic acids is 3. The van der Waals surface area contributed by atoms with Crippen molar-refractivity contribution in [2.75, 3.05) is 13.2 Å². The first kappa shape index (κ1) is 75.1. The summed E-state index contributed by atoms with van der Waals surface area (Å²) >= 11 is 0. The van der Waals surface area contributed by atoms with E-state index in [0.29, 0.717) is 12.8 Å². The van der Waals surface area contributed by atoms with Crippen molar-refractivity contribution >= 4 is 17.9 Å². The quantitative estimate of drug-likeness (QED) is 0.0261. The van der Waals surface area contributed by atoms with Crippen LogP contribution in [0, 0.1) is 0 Å². The van der Waals surface area contributed by atoms with Crippen LogP contribution in [0.15, 0.2) is 109 Å². The van der Waals surface area contributed by atoms with Gasteiger partial charge in [0, 0.05) is 19.3 Å². The third-order valence-electron chi connectivity index (χ3n) is 14.2. The van der Waals surface area contributed by atoms with Crippen molar-refractivity contribution in [1.29, 1.82) is 0 Å². The summed E-state index contributed by atoms with van der Waals surface area (Å²) in [7, 11) is 0. The minimum absolute atomic E-state index is 0.0952. The molecule has 0 N–H and O–H groups in total. The van der Waals surface area contributed by atoms with E-state index in [9.17, 15) is 14.4 Å². The molecule has 0 fully saturated rings. The highest BCUT2D eigenvalue weighted by Gasteiger charge is 2.19. The van der Waals surface area contributed by atoms with Crippen LogP contribution in [-0.2, 0) is 28.6 Å². The van der Waals surface area contributed by atoms with Gasteiger partial charge in [-0.25, -0.2) is 0 Å². The molecule has 0 aliphatic rings. The van der Waals surface area contributed by atoms with E-state index in [-0.39, 0.29) is 37.5 Å². The van der Waals surface area contributed by atoms with Crippen molar-refractivity contribution in [3.05, 3.63) is 109 Å². The van der Waals surface area contributed by atoms with Crippen molar-refractivity contribution in [3.8, 4) is 0 Å². The zero-order chi connectivity index (χ0) is 57.1. The number of esters is 3. The van der Waals surface area contributed by atoms with Gasteiger partial charge in [0.15, 0.2) is 6.10 Å². The molecule has 0 aromatic heterocycles. The lowest BCUT2D eigenvalue weighted by atomic mass is 10.0. The molecule has 1 unspecified atom stereocenters. The molecule has 452 valence electrons. The van der Waals surface area contributed by atoms with Crippen LogP contribution in [0.2, 0.25) is 0 Å². The lowest BCUT2D eigenvalue weighted by Gasteiger charge is -2.18. The molecule has 6 nitrogen and oxygen atoms in total. The molecule has 0 aliphatic heterocycles. The van der Waals surface area contributed by atoms with Gasteiger partial charge < -0.3 is 14.2 Å².